The number of nitrogens with one attached hydrogen (secondary N) is 2. The fourth-order valence-corrected chi connectivity index (χ4v) is 1.86. The van der Waals surface area contributed by atoms with Crippen LogP contribution in [0.1, 0.15) is 12.8 Å². The predicted octanol–water partition coefficient (Wildman–Crippen LogP) is -0.379. The molecule has 0 spiro atoms. The van der Waals surface area contributed by atoms with Crippen molar-refractivity contribution in [2.45, 2.75) is 18.9 Å². The van der Waals surface area contributed by atoms with Gasteiger partial charge in [0.1, 0.15) is 0 Å². The first kappa shape index (κ1) is 8.17. The van der Waals surface area contributed by atoms with Gasteiger partial charge >= 0.3 is 0 Å². The molecule has 1 saturated heterocycles. The average molecular weight is 162 g/mol. The van der Waals surface area contributed by atoms with Crippen molar-refractivity contribution >= 4 is 11.0 Å². The van der Waals surface area contributed by atoms with Gasteiger partial charge in [0.25, 0.3) is 0 Å². The van der Waals surface area contributed by atoms with Crippen LogP contribution in [0.2, 0.25) is 0 Å². The minimum atomic E-state index is -0.853. The van der Waals surface area contributed by atoms with E-state index in [0.29, 0.717) is 6.04 Å². The van der Waals surface area contributed by atoms with Gasteiger partial charge in [-0.2, -0.15) is 0 Å². The van der Waals surface area contributed by atoms with Gasteiger partial charge in [-0.1, -0.05) is 0 Å². The second-order valence-corrected chi connectivity index (χ2v) is 3.76. The molecule has 0 aromatic heterocycles. The maximum atomic E-state index is 10.7. The van der Waals surface area contributed by atoms with Crippen LogP contribution in [0.4, 0.5) is 0 Å². The van der Waals surface area contributed by atoms with Gasteiger partial charge in [0.2, 0.25) is 0 Å². The molecule has 0 amide bonds. The second kappa shape index (κ2) is 4.05. The summed E-state index contributed by atoms with van der Waals surface area (Å²) in [5.41, 5.74) is 0. The molecule has 4 heteroatoms. The number of hydrogen-bond acceptors (Lipinski definition) is 2. The third-order valence-corrected chi connectivity index (χ3v) is 2.29. The lowest BCUT2D eigenvalue weighted by Gasteiger charge is -2.22. The fourth-order valence-electron chi connectivity index (χ4n) is 1.19. The Morgan fingerprint density at radius 1 is 1.70 bits per heavy atom. The molecule has 1 aliphatic heterocycles. The summed E-state index contributed by atoms with van der Waals surface area (Å²) in [5, 5.41) is 3.24. The highest BCUT2D eigenvalue weighted by Gasteiger charge is 2.12. The van der Waals surface area contributed by atoms with Crippen LogP contribution in [-0.2, 0) is 11.0 Å². The predicted molar refractivity (Wildman–Crippen MR) is 43.1 cm³/mol. The molecule has 2 atom stereocenters. The van der Waals surface area contributed by atoms with E-state index in [9.17, 15) is 4.21 Å². The van der Waals surface area contributed by atoms with Gasteiger partial charge < -0.3 is 5.32 Å². The average Bonchev–Trinajstić information content (AvgIpc) is 1.88. The Morgan fingerprint density at radius 2 is 2.50 bits per heavy atom. The van der Waals surface area contributed by atoms with Gasteiger partial charge in [-0.05, 0) is 19.4 Å². The van der Waals surface area contributed by atoms with E-state index in [4.69, 9.17) is 0 Å². The van der Waals surface area contributed by atoms with Gasteiger partial charge in [0.15, 0.2) is 0 Å². The molecule has 0 bridgehead atoms. The number of hydrogen-bond donors (Lipinski definition) is 2. The van der Waals surface area contributed by atoms with Gasteiger partial charge in [0.05, 0.1) is 11.0 Å². The Hall–Kier alpha value is 0.0700. The van der Waals surface area contributed by atoms with E-state index < -0.39 is 11.0 Å². The lowest BCUT2D eigenvalue weighted by atomic mass is 10.1. The van der Waals surface area contributed by atoms with Crippen molar-refractivity contribution in [2.24, 2.45) is 0 Å². The van der Waals surface area contributed by atoms with Gasteiger partial charge in [-0.25, -0.2) is 8.93 Å². The molecule has 0 aromatic carbocycles. The van der Waals surface area contributed by atoms with Crippen molar-refractivity contribution in [2.75, 3.05) is 19.3 Å². The highest BCUT2D eigenvalue weighted by atomic mass is 32.2. The van der Waals surface area contributed by atoms with Crippen LogP contribution >= 0.6 is 0 Å². The maximum absolute atomic E-state index is 10.7. The molecule has 1 aliphatic rings. The Labute approximate surface area is 64.2 Å². The van der Waals surface area contributed by atoms with Crippen LogP contribution < -0.4 is 10.0 Å². The molecule has 3 nitrogen and oxygen atoms in total. The molecule has 0 aliphatic carbocycles. The quantitative estimate of drug-likeness (QED) is 0.581. The van der Waals surface area contributed by atoms with E-state index in [1.54, 1.807) is 6.26 Å². The van der Waals surface area contributed by atoms with Crippen molar-refractivity contribution < 1.29 is 4.21 Å². The van der Waals surface area contributed by atoms with Crippen LogP contribution in [0.15, 0.2) is 0 Å². The second-order valence-electron chi connectivity index (χ2n) is 2.62. The largest absolute Gasteiger partial charge is 0.315 e. The van der Waals surface area contributed by atoms with Crippen LogP contribution in [0.25, 0.3) is 0 Å². The summed E-state index contributed by atoms with van der Waals surface area (Å²) >= 11 is 0. The molecule has 1 rings (SSSR count). The monoisotopic (exact) mass is 162 g/mol. The van der Waals surface area contributed by atoms with Crippen molar-refractivity contribution in [3.05, 3.63) is 0 Å². The summed E-state index contributed by atoms with van der Waals surface area (Å²) in [6, 6.07) is 0.416. The summed E-state index contributed by atoms with van der Waals surface area (Å²) < 4.78 is 13.7. The third-order valence-electron chi connectivity index (χ3n) is 1.63. The van der Waals surface area contributed by atoms with Crippen LogP contribution in [-0.4, -0.2) is 29.6 Å². The van der Waals surface area contributed by atoms with E-state index >= 15 is 0 Å². The van der Waals surface area contributed by atoms with Gasteiger partial charge in [-0.15, -0.1) is 0 Å². The first-order chi connectivity index (χ1) is 4.79. The molecule has 1 unspecified atom stereocenters. The highest BCUT2D eigenvalue weighted by molar-refractivity contribution is 7.82. The molecule has 1 fully saturated rings. The summed E-state index contributed by atoms with van der Waals surface area (Å²) in [7, 11) is -0.853. The number of piperidine rings is 1. The maximum Gasteiger partial charge on any atom is 0.0886 e. The van der Waals surface area contributed by atoms with Gasteiger partial charge in [-0.3, -0.25) is 0 Å². The molecule has 0 aromatic rings. The third kappa shape index (κ3) is 2.77. The highest BCUT2D eigenvalue weighted by Crippen LogP contribution is 2.00. The van der Waals surface area contributed by atoms with Crippen LogP contribution in [0.5, 0.6) is 0 Å². The van der Waals surface area contributed by atoms with Crippen molar-refractivity contribution in [3.63, 3.8) is 0 Å². The number of rotatable bonds is 2. The van der Waals surface area contributed by atoms with E-state index in [-0.39, 0.29) is 0 Å². The summed E-state index contributed by atoms with van der Waals surface area (Å²) in [5.74, 6) is 0. The Bertz CT molecular complexity index is 123. The Morgan fingerprint density at radius 3 is 3.00 bits per heavy atom. The molecule has 10 heavy (non-hydrogen) atoms. The minimum Gasteiger partial charge on any atom is -0.315 e. The van der Waals surface area contributed by atoms with E-state index in [1.165, 1.54) is 6.42 Å². The zero-order valence-corrected chi connectivity index (χ0v) is 7.04. The first-order valence-electron chi connectivity index (χ1n) is 3.59. The SMILES string of the molecule is CS(=O)N[C@@H]1CCCNC1. The summed E-state index contributed by atoms with van der Waals surface area (Å²) in [6.45, 7) is 2.06. The molecular weight excluding hydrogens is 148 g/mol. The minimum absolute atomic E-state index is 0.416. The lowest BCUT2D eigenvalue weighted by Crippen LogP contribution is -2.43. The van der Waals surface area contributed by atoms with Gasteiger partial charge in [0, 0.05) is 18.8 Å². The summed E-state index contributed by atoms with van der Waals surface area (Å²) in [6.07, 6.45) is 4.01. The molecule has 60 valence electrons. The zero-order valence-electron chi connectivity index (χ0n) is 6.22. The first-order valence-corrected chi connectivity index (χ1v) is 5.15. The zero-order chi connectivity index (χ0) is 7.40. The fraction of sp³-hybridized carbons (Fsp3) is 1.00. The molecular formula is C6H14N2OS. The van der Waals surface area contributed by atoms with E-state index in [0.717, 1.165) is 19.5 Å². The molecule has 1 heterocycles. The molecule has 0 saturated carbocycles. The lowest BCUT2D eigenvalue weighted by molar-refractivity contribution is 0.437. The summed E-state index contributed by atoms with van der Waals surface area (Å²) in [4.78, 5) is 0. The Kier molecular flexibility index (Phi) is 3.31. The van der Waals surface area contributed by atoms with Crippen molar-refractivity contribution in [1.82, 2.24) is 10.0 Å². The topological polar surface area (TPSA) is 41.1 Å². The molecule has 2 N–H and O–H groups in total. The normalized spacial score (nSPS) is 29.9. The Balaban J connectivity index is 2.19. The van der Waals surface area contributed by atoms with Crippen LogP contribution in [0.3, 0.4) is 0 Å². The van der Waals surface area contributed by atoms with Crippen molar-refractivity contribution in [1.29, 1.82) is 0 Å². The van der Waals surface area contributed by atoms with E-state index in [1.807, 2.05) is 0 Å². The smallest absolute Gasteiger partial charge is 0.0886 e. The van der Waals surface area contributed by atoms with Crippen molar-refractivity contribution in [3.8, 4) is 0 Å². The standard InChI is InChI=1S/C6H14N2OS/c1-10(9)8-6-3-2-4-7-5-6/h6-8H,2-5H2,1H3/t6-,10?/m1/s1. The molecule has 0 radical (unpaired) electrons. The van der Waals surface area contributed by atoms with E-state index in [2.05, 4.69) is 10.0 Å². The van der Waals surface area contributed by atoms with Crippen LogP contribution in [0, 0.1) is 0 Å².